The quantitative estimate of drug-likeness (QED) is 0.328. The van der Waals surface area contributed by atoms with Gasteiger partial charge in [0.25, 0.3) is 5.56 Å². The first-order chi connectivity index (χ1) is 14.9. The van der Waals surface area contributed by atoms with Gasteiger partial charge in [-0.15, -0.1) is 0 Å². The second-order valence-electron chi connectivity index (χ2n) is 7.78. The van der Waals surface area contributed by atoms with Crippen molar-refractivity contribution in [3.8, 4) is 0 Å². The van der Waals surface area contributed by atoms with Crippen LogP contribution in [0.1, 0.15) is 42.4 Å². The van der Waals surface area contributed by atoms with Crippen molar-refractivity contribution in [2.24, 2.45) is 20.0 Å². The van der Waals surface area contributed by atoms with Crippen LogP contribution in [0.4, 0.5) is 0 Å². The van der Waals surface area contributed by atoms with E-state index in [0.29, 0.717) is 23.9 Å². The highest BCUT2D eigenvalue weighted by Gasteiger charge is 2.32. The van der Waals surface area contributed by atoms with Crippen molar-refractivity contribution in [1.29, 1.82) is 0 Å². The van der Waals surface area contributed by atoms with Crippen LogP contribution in [0.25, 0.3) is 0 Å². The minimum atomic E-state index is -0.577. The van der Waals surface area contributed by atoms with Crippen LogP contribution in [-0.2, 0) is 34.8 Å². The second-order valence-corrected chi connectivity index (χ2v) is 9.43. The molecule has 1 saturated heterocycles. The molecule has 1 atom stereocenters. The SMILES string of the molecule is CC(=O)c1c(Cc2ccc(I)cc2Cl)n(C)c(=O)n(C)c1=O.CC1(C)OC[C@H](CON)O1. The van der Waals surface area contributed by atoms with Gasteiger partial charge in [0.05, 0.1) is 13.2 Å². The van der Waals surface area contributed by atoms with E-state index in [9.17, 15) is 14.4 Å². The Hall–Kier alpha value is -1.57. The maximum atomic E-state index is 12.2. The van der Waals surface area contributed by atoms with Crippen molar-refractivity contribution in [2.45, 2.75) is 39.1 Å². The van der Waals surface area contributed by atoms with Gasteiger partial charge < -0.3 is 14.3 Å². The molecule has 1 aliphatic heterocycles. The zero-order valence-corrected chi connectivity index (χ0v) is 21.5. The number of rotatable bonds is 5. The summed E-state index contributed by atoms with van der Waals surface area (Å²) in [4.78, 5) is 40.6. The Morgan fingerprint density at radius 1 is 1.31 bits per heavy atom. The maximum absolute atomic E-state index is 12.2. The summed E-state index contributed by atoms with van der Waals surface area (Å²) >= 11 is 8.36. The van der Waals surface area contributed by atoms with Gasteiger partial charge in [-0.2, -0.15) is 0 Å². The number of carbonyl (C=O) groups excluding carboxylic acids is 1. The molecule has 0 aliphatic carbocycles. The molecule has 11 heteroatoms. The van der Waals surface area contributed by atoms with Crippen molar-refractivity contribution >= 4 is 40.0 Å². The van der Waals surface area contributed by atoms with Crippen LogP contribution < -0.4 is 17.1 Å². The summed E-state index contributed by atoms with van der Waals surface area (Å²) < 4.78 is 13.9. The molecule has 2 N–H and O–H groups in total. The Labute approximate surface area is 204 Å². The van der Waals surface area contributed by atoms with Gasteiger partial charge in [-0.1, -0.05) is 17.7 Å². The minimum absolute atomic E-state index is 0.0139. The monoisotopic (exact) mass is 579 g/mol. The van der Waals surface area contributed by atoms with Crippen LogP contribution in [0.3, 0.4) is 0 Å². The van der Waals surface area contributed by atoms with Crippen molar-refractivity contribution in [1.82, 2.24) is 9.13 Å². The van der Waals surface area contributed by atoms with Crippen LogP contribution in [0.5, 0.6) is 0 Å². The molecule has 0 bridgehead atoms. The lowest BCUT2D eigenvalue weighted by molar-refractivity contribution is -0.145. The number of carbonyl (C=O) groups is 1. The van der Waals surface area contributed by atoms with E-state index in [2.05, 4.69) is 27.4 Å². The van der Waals surface area contributed by atoms with Crippen LogP contribution in [0.15, 0.2) is 27.8 Å². The highest BCUT2D eigenvalue weighted by Crippen LogP contribution is 2.23. The Bertz CT molecular complexity index is 1110. The molecule has 3 rings (SSSR count). The molecule has 2 aromatic rings. The standard InChI is InChI=1S/C15H14ClIN2O3.C6H13NO3/c1-8(20)13-12(18(2)15(22)19(3)14(13)21)6-9-4-5-10(17)7-11(9)16;1-6(2)8-3-5(10-6)4-9-7/h4-5,7H,6H2,1-3H3;5H,3-4,7H2,1-2H3/t;5-/m.1/s1. The Morgan fingerprint density at radius 3 is 2.47 bits per heavy atom. The van der Waals surface area contributed by atoms with Gasteiger partial charge >= 0.3 is 5.69 Å². The average Bonchev–Trinajstić information content (AvgIpc) is 3.05. The third-order valence-corrected chi connectivity index (χ3v) is 5.88. The molecule has 32 heavy (non-hydrogen) atoms. The Balaban J connectivity index is 0.000000303. The molecule has 0 unspecified atom stereocenters. The molecule has 0 spiro atoms. The number of Topliss-reactive ketones (excluding diaryl/α,β-unsaturated/α-hetero) is 1. The largest absolute Gasteiger partial charge is 0.348 e. The first kappa shape index (κ1) is 26.7. The topological polar surface area (TPSA) is 115 Å². The van der Waals surface area contributed by atoms with E-state index < -0.39 is 17.0 Å². The molecule has 1 fully saturated rings. The molecule has 0 amide bonds. The number of nitrogens with two attached hydrogens (primary N) is 1. The van der Waals surface area contributed by atoms with Gasteiger partial charge in [-0.25, -0.2) is 10.7 Å². The maximum Gasteiger partial charge on any atom is 0.330 e. The van der Waals surface area contributed by atoms with Crippen molar-refractivity contribution in [3.63, 3.8) is 0 Å². The summed E-state index contributed by atoms with van der Waals surface area (Å²) in [7, 11) is 2.91. The number of halogens is 2. The van der Waals surface area contributed by atoms with Crippen molar-refractivity contribution in [3.05, 3.63) is 64.5 Å². The fourth-order valence-electron chi connectivity index (χ4n) is 3.24. The molecular weight excluding hydrogens is 553 g/mol. The van der Waals surface area contributed by atoms with Gasteiger partial charge in [0.1, 0.15) is 11.7 Å². The summed E-state index contributed by atoms with van der Waals surface area (Å²) in [5.41, 5.74) is 0.120. The van der Waals surface area contributed by atoms with Crippen LogP contribution in [0, 0.1) is 3.57 Å². The molecule has 1 aromatic carbocycles. The molecular formula is C21H27ClIN3O6. The highest BCUT2D eigenvalue weighted by atomic mass is 127. The number of ether oxygens (including phenoxy) is 2. The number of nitrogens with zero attached hydrogens (tertiary/aromatic N) is 2. The number of aromatic nitrogens is 2. The van der Waals surface area contributed by atoms with E-state index in [1.165, 1.54) is 18.5 Å². The van der Waals surface area contributed by atoms with E-state index in [1.54, 1.807) is 13.1 Å². The fraction of sp³-hybridized carbons (Fsp3) is 0.476. The van der Waals surface area contributed by atoms with Gasteiger partial charge in [0, 0.05) is 34.8 Å². The lowest BCUT2D eigenvalue weighted by Gasteiger charge is -2.16. The van der Waals surface area contributed by atoms with Crippen LogP contribution in [0.2, 0.25) is 5.02 Å². The van der Waals surface area contributed by atoms with E-state index in [1.807, 2.05) is 26.0 Å². The van der Waals surface area contributed by atoms with E-state index >= 15 is 0 Å². The van der Waals surface area contributed by atoms with E-state index in [0.717, 1.165) is 13.7 Å². The van der Waals surface area contributed by atoms with E-state index in [4.69, 9.17) is 27.0 Å². The van der Waals surface area contributed by atoms with Gasteiger partial charge in [0.2, 0.25) is 0 Å². The molecule has 0 saturated carbocycles. The van der Waals surface area contributed by atoms with Crippen molar-refractivity contribution in [2.75, 3.05) is 13.2 Å². The summed E-state index contributed by atoms with van der Waals surface area (Å²) in [6, 6.07) is 5.51. The zero-order chi connectivity index (χ0) is 24.2. The predicted octanol–water partition coefficient (Wildman–Crippen LogP) is 2.16. The highest BCUT2D eigenvalue weighted by molar-refractivity contribution is 14.1. The van der Waals surface area contributed by atoms with Gasteiger partial charge in [0.15, 0.2) is 11.6 Å². The smallest absolute Gasteiger partial charge is 0.330 e. The summed E-state index contributed by atoms with van der Waals surface area (Å²) in [6.07, 6.45) is 0.229. The number of benzene rings is 1. The Morgan fingerprint density at radius 2 is 1.97 bits per heavy atom. The Kier molecular flexibility index (Phi) is 9.20. The molecule has 1 aliphatic rings. The average molecular weight is 580 g/mol. The summed E-state index contributed by atoms with van der Waals surface area (Å²) in [5, 5.41) is 0.537. The minimum Gasteiger partial charge on any atom is -0.348 e. The van der Waals surface area contributed by atoms with Crippen molar-refractivity contribution < 1.29 is 19.1 Å². The van der Waals surface area contributed by atoms with Gasteiger partial charge in [-0.05, 0) is 61.1 Å². The lowest BCUT2D eigenvalue weighted by atomic mass is 10.0. The summed E-state index contributed by atoms with van der Waals surface area (Å²) in [5.74, 6) is 4.02. The number of ketones is 1. The molecule has 176 valence electrons. The molecule has 9 nitrogen and oxygen atoms in total. The molecule has 2 heterocycles. The fourth-order valence-corrected chi connectivity index (χ4v) is 4.17. The first-order valence-corrected chi connectivity index (χ1v) is 11.2. The summed E-state index contributed by atoms with van der Waals surface area (Å²) in [6.45, 7) is 6.00. The lowest BCUT2D eigenvalue weighted by Crippen LogP contribution is -2.42. The van der Waals surface area contributed by atoms with Gasteiger partial charge in [-0.3, -0.25) is 18.7 Å². The molecule has 0 radical (unpaired) electrons. The number of hydrogen-bond donors (Lipinski definition) is 1. The number of hydrogen-bond acceptors (Lipinski definition) is 7. The van der Waals surface area contributed by atoms with Crippen LogP contribution in [-0.4, -0.2) is 40.0 Å². The normalized spacial score (nSPS) is 17.1. The third kappa shape index (κ3) is 6.49. The zero-order valence-electron chi connectivity index (χ0n) is 18.6. The third-order valence-electron chi connectivity index (χ3n) is 4.86. The van der Waals surface area contributed by atoms with Crippen LogP contribution >= 0.6 is 34.2 Å². The second kappa shape index (κ2) is 11.0. The predicted molar refractivity (Wildman–Crippen MR) is 129 cm³/mol. The molecule has 1 aromatic heterocycles. The van der Waals surface area contributed by atoms with E-state index in [-0.39, 0.29) is 23.9 Å². The first-order valence-electron chi connectivity index (χ1n) is 9.75.